The summed E-state index contributed by atoms with van der Waals surface area (Å²) < 4.78 is 46.5. The predicted molar refractivity (Wildman–Crippen MR) is 134 cm³/mol. The van der Waals surface area contributed by atoms with Crippen molar-refractivity contribution < 1.29 is 22.7 Å². The number of aliphatic imine (C=N–C) groups is 1. The van der Waals surface area contributed by atoms with Crippen LogP contribution >= 0.6 is 12.2 Å². The third-order valence-electron chi connectivity index (χ3n) is 5.25. The van der Waals surface area contributed by atoms with Crippen molar-refractivity contribution in [1.82, 2.24) is 0 Å². The Hall–Kier alpha value is -3.45. The van der Waals surface area contributed by atoms with Crippen molar-refractivity contribution in [3.63, 3.8) is 0 Å². The number of carbonyl (C=O) groups excluding carboxylic acids is 1. The van der Waals surface area contributed by atoms with Gasteiger partial charge < -0.3 is 9.64 Å². The Bertz CT molecular complexity index is 1240. The quantitative estimate of drug-likeness (QED) is 0.319. The third kappa shape index (κ3) is 5.30. The second-order valence-corrected chi connectivity index (χ2v) is 9.94. The average Bonchev–Trinajstić information content (AvgIpc) is 2.91. The van der Waals surface area contributed by atoms with Gasteiger partial charge in [0.05, 0.1) is 12.1 Å². The Kier molecular flexibility index (Phi) is 6.70. The van der Waals surface area contributed by atoms with Crippen molar-refractivity contribution in [2.24, 2.45) is 4.99 Å². The summed E-state index contributed by atoms with van der Waals surface area (Å²) in [7, 11) is 0. The zero-order valence-electron chi connectivity index (χ0n) is 20.2. The minimum Gasteiger partial charge on any atom is -0.442 e. The molecule has 0 atom stereocenters. The Balaban J connectivity index is 2.24. The van der Waals surface area contributed by atoms with Crippen molar-refractivity contribution >= 4 is 46.3 Å². The fourth-order valence-electron chi connectivity index (χ4n) is 3.71. The van der Waals surface area contributed by atoms with Crippen LogP contribution in [0.25, 0.3) is 4.85 Å². The van der Waals surface area contributed by atoms with Crippen LogP contribution in [0.4, 0.5) is 35.0 Å². The molecule has 0 unspecified atom stereocenters. The van der Waals surface area contributed by atoms with Gasteiger partial charge in [-0.2, -0.15) is 18.2 Å². The smallest absolute Gasteiger partial charge is 0.435 e. The van der Waals surface area contributed by atoms with E-state index in [2.05, 4.69) is 9.84 Å². The lowest BCUT2D eigenvalue weighted by molar-refractivity contribution is -0.136. The first-order valence-electron chi connectivity index (χ1n) is 10.7. The molecule has 0 aliphatic carbocycles. The molecule has 0 bridgehead atoms. The van der Waals surface area contributed by atoms with E-state index in [0.29, 0.717) is 5.69 Å². The van der Waals surface area contributed by atoms with E-state index in [-0.39, 0.29) is 16.6 Å². The van der Waals surface area contributed by atoms with Gasteiger partial charge in [0.1, 0.15) is 17.0 Å². The first-order chi connectivity index (χ1) is 16.1. The fourth-order valence-corrected chi connectivity index (χ4v) is 4.23. The first kappa shape index (κ1) is 26.2. The minimum absolute atomic E-state index is 0.0275. The Labute approximate surface area is 207 Å². The second kappa shape index (κ2) is 8.96. The molecule has 1 amide bonds. The molecule has 0 saturated carbocycles. The number of benzene rings is 2. The van der Waals surface area contributed by atoms with Gasteiger partial charge in [-0.05, 0) is 78.0 Å². The molecule has 1 fully saturated rings. The number of ether oxygens (including phenoxy) is 1. The highest BCUT2D eigenvalue weighted by Gasteiger charge is 2.49. The normalized spacial score (nSPS) is 17.0. The van der Waals surface area contributed by atoms with Crippen LogP contribution < -0.4 is 9.80 Å². The van der Waals surface area contributed by atoms with Crippen LogP contribution in [0.3, 0.4) is 0 Å². The van der Waals surface area contributed by atoms with Gasteiger partial charge in [0, 0.05) is 11.4 Å². The van der Waals surface area contributed by atoms with Crippen molar-refractivity contribution in [2.45, 2.75) is 58.9 Å². The van der Waals surface area contributed by atoms with Crippen LogP contribution in [0.15, 0.2) is 47.5 Å². The molecule has 6 nitrogen and oxygen atoms in total. The summed E-state index contributed by atoms with van der Waals surface area (Å²) in [5.41, 5.74) is -1.77. The monoisotopic (exact) mass is 502 g/mol. The zero-order chi connectivity index (χ0) is 26.3. The molecule has 1 aliphatic heterocycles. The topological polar surface area (TPSA) is 49.5 Å². The molecule has 35 heavy (non-hydrogen) atoms. The van der Waals surface area contributed by atoms with Gasteiger partial charge in [-0.25, -0.2) is 9.64 Å². The molecule has 1 heterocycles. The summed E-state index contributed by atoms with van der Waals surface area (Å²) in [5, 5.41) is 0.129. The summed E-state index contributed by atoms with van der Waals surface area (Å²) >= 11 is 5.72. The number of thiocarbonyl (C=S) groups is 1. The van der Waals surface area contributed by atoms with Gasteiger partial charge >= 0.3 is 12.3 Å². The maximum atomic E-state index is 13.7. The van der Waals surface area contributed by atoms with Crippen molar-refractivity contribution in [3.8, 4) is 0 Å². The van der Waals surface area contributed by atoms with E-state index in [1.54, 1.807) is 39.5 Å². The van der Waals surface area contributed by atoms with Gasteiger partial charge in [0.15, 0.2) is 10.8 Å². The summed E-state index contributed by atoms with van der Waals surface area (Å²) in [6.45, 7) is 17.6. The minimum atomic E-state index is -4.76. The number of rotatable bonds is 2. The van der Waals surface area contributed by atoms with Crippen molar-refractivity contribution in [2.75, 3.05) is 9.80 Å². The van der Waals surface area contributed by atoms with Crippen LogP contribution in [-0.4, -0.2) is 28.2 Å². The number of amides is 1. The number of amidine groups is 1. The molecule has 0 aromatic heterocycles. The molecule has 1 aliphatic rings. The maximum Gasteiger partial charge on any atom is 0.435 e. The van der Waals surface area contributed by atoms with Gasteiger partial charge in [-0.1, -0.05) is 23.8 Å². The molecular formula is C25H25F3N4O2S. The van der Waals surface area contributed by atoms with E-state index >= 15 is 0 Å². The molecule has 0 spiro atoms. The number of carbonyl (C=O) groups is 1. The average molecular weight is 503 g/mol. The molecule has 0 N–H and O–H groups in total. The SMILES string of the molecule is [C-]#[N+]c1ccc(N2C(=S)N(c3ccc(C)cc3)C(C)(C)/C2=N\C(=O)OC(C)(C)C)cc1C(F)(F)F. The van der Waals surface area contributed by atoms with E-state index in [1.165, 1.54) is 11.0 Å². The first-order valence-corrected chi connectivity index (χ1v) is 11.1. The molecular weight excluding hydrogens is 477 g/mol. The van der Waals surface area contributed by atoms with E-state index in [4.69, 9.17) is 23.5 Å². The van der Waals surface area contributed by atoms with E-state index in [0.717, 1.165) is 17.7 Å². The lowest BCUT2D eigenvalue weighted by Crippen LogP contribution is -2.45. The number of anilines is 2. The van der Waals surface area contributed by atoms with Gasteiger partial charge in [0.25, 0.3) is 0 Å². The highest BCUT2D eigenvalue weighted by atomic mass is 32.1. The summed E-state index contributed by atoms with van der Waals surface area (Å²) in [4.78, 5) is 22.9. The van der Waals surface area contributed by atoms with Gasteiger partial charge in [0.2, 0.25) is 0 Å². The molecule has 0 radical (unpaired) electrons. The van der Waals surface area contributed by atoms with Crippen LogP contribution in [-0.2, 0) is 10.9 Å². The summed E-state index contributed by atoms with van der Waals surface area (Å²) in [5.74, 6) is 0.0982. The maximum absolute atomic E-state index is 13.7. The number of hydrogen-bond donors (Lipinski definition) is 0. The van der Waals surface area contributed by atoms with Gasteiger partial charge in [-0.3, -0.25) is 4.90 Å². The van der Waals surface area contributed by atoms with Crippen molar-refractivity contribution in [1.29, 1.82) is 0 Å². The molecule has 1 saturated heterocycles. The van der Waals surface area contributed by atoms with Crippen LogP contribution in [0.5, 0.6) is 0 Å². The van der Waals surface area contributed by atoms with Crippen LogP contribution in [0.2, 0.25) is 0 Å². The van der Waals surface area contributed by atoms with Crippen LogP contribution in [0, 0.1) is 13.5 Å². The Morgan fingerprint density at radius 3 is 2.17 bits per heavy atom. The lowest BCUT2D eigenvalue weighted by Gasteiger charge is -2.31. The summed E-state index contributed by atoms with van der Waals surface area (Å²) in [6.07, 6.45) is -5.65. The lowest BCUT2D eigenvalue weighted by atomic mass is 10.0. The van der Waals surface area contributed by atoms with E-state index < -0.39 is 34.7 Å². The number of halogens is 3. The number of alkyl halides is 3. The highest BCUT2D eigenvalue weighted by molar-refractivity contribution is 7.81. The number of hydrogen-bond acceptors (Lipinski definition) is 3. The Morgan fingerprint density at radius 2 is 1.66 bits per heavy atom. The fraction of sp³-hybridized carbons (Fsp3) is 0.360. The van der Waals surface area contributed by atoms with E-state index in [1.807, 2.05) is 31.2 Å². The van der Waals surface area contributed by atoms with Gasteiger partial charge in [-0.15, -0.1) is 0 Å². The highest BCUT2D eigenvalue weighted by Crippen LogP contribution is 2.42. The molecule has 2 aromatic rings. The molecule has 3 rings (SSSR count). The summed E-state index contributed by atoms with van der Waals surface area (Å²) in [6, 6.07) is 10.7. The molecule has 10 heteroatoms. The van der Waals surface area contributed by atoms with Crippen LogP contribution in [0.1, 0.15) is 45.7 Å². The zero-order valence-corrected chi connectivity index (χ0v) is 21.0. The standard InChI is InChI=1S/C25H25F3N4O2S/c1-15-8-10-16(11-9-15)32-22(35)31(17-12-13-19(29-7)18(14-17)25(26,27)28)20(24(32,5)6)30-21(33)34-23(2,3)4/h8-14H,1-6H3/b30-20+. The van der Waals surface area contributed by atoms with Crippen molar-refractivity contribution in [3.05, 3.63) is 65.0 Å². The number of nitrogens with zero attached hydrogens (tertiary/aromatic N) is 4. The molecule has 2 aromatic carbocycles. The van der Waals surface area contributed by atoms with E-state index in [9.17, 15) is 18.0 Å². The Morgan fingerprint density at radius 1 is 1.09 bits per heavy atom. The third-order valence-corrected chi connectivity index (χ3v) is 5.61. The number of aryl methyl sites for hydroxylation is 1. The predicted octanol–water partition coefficient (Wildman–Crippen LogP) is 7.29. The second-order valence-electron chi connectivity index (χ2n) is 9.57. The largest absolute Gasteiger partial charge is 0.442 e. The molecule has 184 valence electrons.